The van der Waals surface area contributed by atoms with Crippen LogP contribution in [0.3, 0.4) is 0 Å². The van der Waals surface area contributed by atoms with Gasteiger partial charge in [0.05, 0.1) is 11.5 Å². The van der Waals surface area contributed by atoms with Gasteiger partial charge >= 0.3 is 0 Å². The van der Waals surface area contributed by atoms with Gasteiger partial charge in [-0.05, 0) is 54.7 Å². The number of guanidine groups is 1. The molecule has 6 nitrogen and oxygen atoms in total. The second-order valence-electron chi connectivity index (χ2n) is 6.97. The third kappa shape index (κ3) is 8.51. The van der Waals surface area contributed by atoms with Crippen molar-refractivity contribution >= 4 is 39.8 Å². The zero-order chi connectivity index (χ0) is 21.3. The number of nitrogens with zero attached hydrogens (tertiary/aromatic N) is 1. The average Bonchev–Trinajstić information content (AvgIpc) is 2.68. The largest absolute Gasteiger partial charge is 0.494 e. The minimum atomic E-state index is -3.20. The number of sulfone groups is 1. The van der Waals surface area contributed by atoms with Gasteiger partial charge in [0, 0.05) is 26.4 Å². The summed E-state index contributed by atoms with van der Waals surface area (Å²) in [5, 5.41) is 6.56. The smallest absolute Gasteiger partial charge is 0.191 e. The van der Waals surface area contributed by atoms with Crippen molar-refractivity contribution in [2.24, 2.45) is 4.99 Å². The van der Waals surface area contributed by atoms with Crippen molar-refractivity contribution in [1.29, 1.82) is 0 Å². The summed E-state index contributed by atoms with van der Waals surface area (Å²) in [5.41, 5.74) is 2.95. The molecule has 0 aliphatic heterocycles. The molecule has 0 atom stereocenters. The van der Waals surface area contributed by atoms with E-state index in [-0.39, 0.29) is 24.0 Å². The van der Waals surface area contributed by atoms with E-state index in [9.17, 15) is 8.42 Å². The van der Waals surface area contributed by atoms with E-state index >= 15 is 0 Å². The molecule has 0 aromatic heterocycles. The number of aryl methyl sites for hydroxylation is 1. The second-order valence-corrected chi connectivity index (χ2v) is 8.95. The highest BCUT2D eigenvalue weighted by molar-refractivity contribution is 14.0. The molecule has 2 aromatic rings. The van der Waals surface area contributed by atoms with Crippen LogP contribution in [0.5, 0.6) is 5.75 Å². The van der Waals surface area contributed by atoms with Crippen LogP contribution < -0.4 is 15.4 Å². The van der Waals surface area contributed by atoms with Crippen molar-refractivity contribution in [2.75, 3.05) is 26.5 Å². The average molecular weight is 545 g/mol. The fraction of sp³-hybridized carbons (Fsp3) is 0.409. The lowest BCUT2D eigenvalue weighted by Gasteiger charge is -2.13. The minimum absolute atomic E-state index is 0. The Kier molecular flexibility index (Phi) is 11.2. The topological polar surface area (TPSA) is 79.8 Å². The summed E-state index contributed by atoms with van der Waals surface area (Å²) in [6.07, 6.45) is 3.07. The Bertz CT molecular complexity index is 946. The summed E-state index contributed by atoms with van der Waals surface area (Å²) in [4.78, 5) is 4.61. The molecule has 0 heterocycles. The summed E-state index contributed by atoms with van der Waals surface area (Å²) in [6, 6.07) is 13.5. The lowest BCUT2D eigenvalue weighted by Crippen LogP contribution is -2.37. The van der Waals surface area contributed by atoms with E-state index in [1.807, 2.05) is 31.2 Å². The Labute approximate surface area is 197 Å². The maximum atomic E-state index is 11.7. The molecule has 0 unspecified atom stereocenters. The van der Waals surface area contributed by atoms with Gasteiger partial charge < -0.3 is 15.4 Å². The molecule has 30 heavy (non-hydrogen) atoms. The Morgan fingerprint density at radius 3 is 2.50 bits per heavy atom. The van der Waals surface area contributed by atoms with Gasteiger partial charge in [-0.25, -0.2) is 8.42 Å². The van der Waals surface area contributed by atoms with E-state index in [0.29, 0.717) is 17.4 Å². The molecule has 0 aliphatic rings. The molecule has 8 heteroatoms. The lowest BCUT2D eigenvalue weighted by atomic mass is 10.1. The van der Waals surface area contributed by atoms with Gasteiger partial charge in [-0.2, -0.15) is 0 Å². The maximum Gasteiger partial charge on any atom is 0.191 e. The van der Waals surface area contributed by atoms with Crippen LogP contribution in [0.15, 0.2) is 52.4 Å². The third-order valence-electron chi connectivity index (χ3n) is 4.40. The Morgan fingerprint density at radius 2 is 1.87 bits per heavy atom. The fourth-order valence-corrected chi connectivity index (χ4v) is 3.94. The number of nitrogens with one attached hydrogen (secondary N) is 2. The van der Waals surface area contributed by atoms with Crippen LogP contribution in [0.2, 0.25) is 0 Å². The first-order chi connectivity index (χ1) is 13.8. The van der Waals surface area contributed by atoms with E-state index in [4.69, 9.17) is 4.74 Å². The quantitative estimate of drug-likeness (QED) is 0.286. The SMILES string of the molecule is CCCOc1cccc(CCNC(=NC)NCc2ccc(S(C)(=O)=O)c(C)c2)c1.I. The highest BCUT2D eigenvalue weighted by Crippen LogP contribution is 2.16. The van der Waals surface area contributed by atoms with Crippen molar-refractivity contribution in [3.63, 3.8) is 0 Å². The van der Waals surface area contributed by atoms with Crippen LogP contribution in [0.25, 0.3) is 0 Å². The highest BCUT2D eigenvalue weighted by atomic mass is 127. The summed E-state index contributed by atoms with van der Waals surface area (Å²) in [5.74, 6) is 1.60. The number of ether oxygens (including phenoxy) is 1. The van der Waals surface area contributed by atoms with Crippen molar-refractivity contribution < 1.29 is 13.2 Å². The molecule has 0 amide bonds. The van der Waals surface area contributed by atoms with E-state index in [0.717, 1.165) is 42.9 Å². The predicted octanol–water partition coefficient (Wildman–Crippen LogP) is 3.71. The summed E-state index contributed by atoms with van der Waals surface area (Å²) in [7, 11) is -1.47. The van der Waals surface area contributed by atoms with Gasteiger partial charge in [0.25, 0.3) is 0 Å². The number of halogens is 1. The first-order valence-electron chi connectivity index (χ1n) is 9.79. The van der Waals surface area contributed by atoms with Crippen molar-refractivity contribution in [3.05, 3.63) is 59.2 Å². The highest BCUT2D eigenvalue weighted by Gasteiger charge is 2.11. The van der Waals surface area contributed by atoms with Crippen molar-refractivity contribution in [2.45, 2.75) is 38.1 Å². The van der Waals surface area contributed by atoms with Gasteiger partial charge in [-0.1, -0.05) is 31.2 Å². The molecule has 2 rings (SSSR count). The first kappa shape index (κ1) is 26.2. The summed E-state index contributed by atoms with van der Waals surface area (Å²) in [6.45, 7) is 5.93. The van der Waals surface area contributed by atoms with E-state index < -0.39 is 9.84 Å². The molecule has 2 N–H and O–H groups in total. The van der Waals surface area contributed by atoms with Crippen molar-refractivity contribution in [3.8, 4) is 5.75 Å². The van der Waals surface area contributed by atoms with Gasteiger partial charge in [0.15, 0.2) is 15.8 Å². The standard InChI is InChI=1S/C22H31N3O3S.HI/c1-5-13-28-20-8-6-7-18(15-20)11-12-24-22(23-3)25-16-19-9-10-21(17(2)14-19)29(4,26)27;/h6-10,14-15H,5,11-13,16H2,1-4H3,(H2,23,24,25);1H. The van der Waals surface area contributed by atoms with Gasteiger partial charge in [0.2, 0.25) is 0 Å². The zero-order valence-corrected chi connectivity index (χ0v) is 21.2. The third-order valence-corrected chi connectivity index (χ3v) is 5.66. The van der Waals surface area contributed by atoms with Gasteiger partial charge in [0.1, 0.15) is 5.75 Å². The van der Waals surface area contributed by atoms with Crippen LogP contribution in [-0.4, -0.2) is 40.8 Å². The molecular formula is C22H32IN3O3S. The zero-order valence-electron chi connectivity index (χ0n) is 18.1. The normalized spacial score (nSPS) is 11.5. The molecule has 0 bridgehead atoms. The summed E-state index contributed by atoms with van der Waals surface area (Å²) < 4.78 is 29.1. The van der Waals surface area contributed by atoms with Crippen LogP contribution in [0, 0.1) is 6.92 Å². The number of benzene rings is 2. The molecule has 166 valence electrons. The predicted molar refractivity (Wildman–Crippen MR) is 134 cm³/mol. The van der Waals surface area contributed by atoms with Gasteiger partial charge in [-0.15, -0.1) is 24.0 Å². The van der Waals surface area contributed by atoms with Crippen LogP contribution in [0.4, 0.5) is 0 Å². The van der Waals surface area contributed by atoms with Crippen LogP contribution >= 0.6 is 24.0 Å². The molecule has 0 radical (unpaired) electrons. The fourth-order valence-electron chi connectivity index (χ4n) is 2.98. The van der Waals surface area contributed by atoms with Crippen LogP contribution in [0.1, 0.15) is 30.0 Å². The van der Waals surface area contributed by atoms with E-state index in [1.165, 1.54) is 11.8 Å². The Morgan fingerprint density at radius 1 is 1.10 bits per heavy atom. The molecule has 2 aromatic carbocycles. The number of hydrogen-bond acceptors (Lipinski definition) is 4. The Hall–Kier alpha value is -1.81. The van der Waals surface area contributed by atoms with E-state index in [1.54, 1.807) is 13.1 Å². The molecule has 0 saturated heterocycles. The lowest BCUT2D eigenvalue weighted by molar-refractivity contribution is 0.317. The first-order valence-corrected chi connectivity index (χ1v) is 11.7. The molecular weight excluding hydrogens is 513 g/mol. The van der Waals surface area contributed by atoms with Crippen molar-refractivity contribution in [1.82, 2.24) is 10.6 Å². The Balaban J connectivity index is 0.00000450. The monoisotopic (exact) mass is 545 g/mol. The molecule has 0 fully saturated rings. The van der Waals surface area contributed by atoms with Crippen LogP contribution in [-0.2, 0) is 22.8 Å². The molecule has 0 spiro atoms. The molecule has 0 saturated carbocycles. The molecule has 0 aliphatic carbocycles. The summed E-state index contributed by atoms with van der Waals surface area (Å²) >= 11 is 0. The number of rotatable bonds is 9. The number of hydrogen-bond donors (Lipinski definition) is 2. The van der Waals surface area contributed by atoms with E-state index in [2.05, 4.69) is 34.7 Å². The minimum Gasteiger partial charge on any atom is -0.494 e. The second kappa shape index (κ2) is 12.8. The number of aliphatic imine (C=N–C) groups is 1. The maximum absolute atomic E-state index is 11.7. The van der Waals surface area contributed by atoms with Gasteiger partial charge in [-0.3, -0.25) is 4.99 Å².